The highest BCUT2D eigenvalue weighted by Crippen LogP contribution is 2.34. The van der Waals surface area contributed by atoms with Gasteiger partial charge in [-0.15, -0.1) is 11.3 Å². The van der Waals surface area contributed by atoms with Crippen molar-refractivity contribution in [2.45, 2.75) is 58.5 Å². The van der Waals surface area contributed by atoms with Gasteiger partial charge in [-0.05, 0) is 86.4 Å². The summed E-state index contributed by atoms with van der Waals surface area (Å²) in [6, 6.07) is 12.3. The molecule has 174 valence electrons. The number of rotatable bonds is 7. The van der Waals surface area contributed by atoms with Crippen LogP contribution in [0, 0.1) is 11.8 Å². The van der Waals surface area contributed by atoms with Gasteiger partial charge in [0.2, 0.25) is 5.91 Å². The van der Waals surface area contributed by atoms with Crippen LogP contribution in [0.15, 0.2) is 46.3 Å². The van der Waals surface area contributed by atoms with Crippen LogP contribution in [0.5, 0.6) is 0 Å². The van der Waals surface area contributed by atoms with E-state index >= 15 is 0 Å². The minimum absolute atomic E-state index is 0.0319. The second-order valence-corrected chi connectivity index (χ2v) is 11.2. The number of ether oxygens (including phenoxy) is 1. The number of halogens is 1. The molecule has 5 nitrogen and oxygen atoms in total. The summed E-state index contributed by atoms with van der Waals surface area (Å²) in [5, 5.41) is 5.90. The molecule has 7 heteroatoms. The van der Waals surface area contributed by atoms with Crippen molar-refractivity contribution in [2.24, 2.45) is 11.8 Å². The molecule has 0 bridgehead atoms. The number of amides is 2. The Morgan fingerprint density at radius 1 is 1.16 bits per heavy atom. The molecule has 1 aromatic heterocycles. The number of carbonyl (C=O) groups is 2. The molecule has 1 N–H and O–H groups in total. The lowest BCUT2D eigenvalue weighted by Gasteiger charge is -2.32. The van der Waals surface area contributed by atoms with E-state index in [4.69, 9.17) is 4.74 Å². The van der Waals surface area contributed by atoms with Crippen LogP contribution in [0.4, 0.5) is 9.80 Å². The van der Waals surface area contributed by atoms with Crippen LogP contribution in [-0.4, -0.2) is 30.7 Å². The van der Waals surface area contributed by atoms with E-state index < -0.39 is 5.60 Å². The molecule has 32 heavy (non-hydrogen) atoms. The van der Waals surface area contributed by atoms with Crippen molar-refractivity contribution in [3.63, 3.8) is 0 Å². The molecular formula is C25H33BrN2O3S. The molecule has 3 rings (SSSR count). The van der Waals surface area contributed by atoms with Gasteiger partial charge in [0, 0.05) is 28.9 Å². The summed E-state index contributed by atoms with van der Waals surface area (Å²) < 4.78 is 6.33. The Kier molecular flexibility index (Phi) is 8.77. The van der Waals surface area contributed by atoms with E-state index in [0.717, 1.165) is 41.6 Å². The van der Waals surface area contributed by atoms with E-state index in [0.29, 0.717) is 19.0 Å². The van der Waals surface area contributed by atoms with Crippen LogP contribution >= 0.6 is 27.3 Å². The number of benzene rings is 1. The second kappa shape index (κ2) is 11.3. The number of carbonyl (C=O) groups excluding carboxylic acids is 2. The number of hydrogen-bond acceptors (Lipinski definition) is 4. The van der Waals surface area contributed by atoms with E-state index in [-0.39, 0.29) is 17.9 Å². The molecule has 1 heterocycles. The summed E-state index contributed by atoms with van der Waals surface area (Å²) >= 11 is 5.12. The Bertz CT molecular complexity index is 886. The summed E-state index contributed by atoms with van der Waals surface area (Å²) in [6.07, 6.45) is 4.05. The normalized spacial score (nSPS) is 18.8. The highest BCUT2D eigenvalue weighted by Gasteiger charge is 2.31. The maximum atomic E-state index is 13.5. The van der Waals surface area contributed by atoms with Gasteiger partial charge in [0.15, 0.2) is 0 Å². The average Bonchev–Trinajstić information content (AvgIpc) is 3.18. The zero-order chi connectivity index (χ0) is 23.1. The highest BCUT2D eigenvalue weighted by atomic mass is 79.9. The molecule has 1 aliphatic rings. The largest absolute Gasteiger partial charge is 0.444 e. The first-order valence-corrected chi connectivity index (χ1v) is 12.9. The van der Waals surface area contributed by atoms with Gasteiger partial charge in [0.25, 0.3) is 0 Å². The van der Waals surface area contributed by atoms with Crippen LogP contribution in [0.3, 0.4) is 0 Å². The topological polar surface area (TPSA) is 58.6 Å². The number of thiophene rings is 1. The number of anilines is 1. The molecule has 2 aromatic rings. The predicted molar refractivity (Wildman–Crippen MR) is 134 cm³/mol. The first kappa shape index (κ1) is 24.8. The van der Waals surface area contributed by atoms with Crippen LogP contribution in [0.2, 0.25) is 0 Å². The third-order valence-corrected chi connectivity index (χ3v) is 7.39. The summed E-state index contributed by atoms with van der Waals surface area (Å²) in [6.45, 7) is 6.86. The van der Waals surface area contributed by atoms with Crippen molar-refractivity contribution in [3.8, 4) is 0 Å². The number of nitrogens with zero attached hydrogens (tertiary/aromatic N) is 1. The quantitative estimate of drug-likeness (QED) is 0.458. The molecule has 0 atom stereocenters. The zero-order valence-corrected chi connectivity index (χ0v) is 21.5. The molecule has 1 saturated carbocycles. The third kappa shape index (κ3) is 7.62. The molecule has 0 saturated heterocycles. The fraction of sp³-hybridized carbons (Fsp3) is 0.520. The molecule has 0 radical (unpaired) electrons. The molecule has 1 aliphatic carbocycles. The predicted octanol–water partition coefficient (Wildman–Crippen LogP) is 6.42. The summed E-state index contributed by atoms with van der Waals surface area (Å²) in [5.41, 5.74) is 0.742. The Labute approximate surface area is 203 Å². The molecule has 0 unspecified atom stereocenters. The van der Waals surface area contributed by atoms with Crippen LogP contribution < -0.4 is 10.2 Å². The van der Waals surface area contributed by atoms with Crippen molar-refractivity contribution in [1.29, 1.82) is 0 Å². The Balaban J connectivity index is 1.54. The van der Waals surface area contributed by atoms with E-state index in [1.54, 1.807) is 11.3 Å². The van der Waals surface area contributed by atoms with Crippen molar-refractivity contribution >= 4 is 44.3 Å². The van der Waals surface area contributed by atoms with Crippen molar-refractivity contribution in [1.82, 2.24) is 5.32 Å². The molecule has 0 aliphatic heterocycles. The lowest BCUT2D eigenvalue weighted by atomic mass is 9.81. The minimum atomic E-state index is -0.492. The van der Waals surface area contributed by atoms with E-state index in [1.807, 2.05) is 55.3 Å². The van der Waals surface area contributed by atoms with Gasteiger partial charge in [0.1, 0.15) is 5.60 Å². The Morgan fingerprint density at radius 3 is 2.44 bits per heavy atom. The maximum Gasteiger partial charge on any atom is 0.407 e. The molecular weight excluding hydrogens is 488 g/mol. The van der Waals surface area contributed by atoms with Gasteiger partial charge in [-0.2, -0.15) is 0 Å². The fourth-order valence-corrected chi connectivity index (χ4v) is 5.49. The van der Waals surface area contributed by atoms with Gasteiger partial charge in [-0.25, -0.2) is 4.79 Å². The number of hydrogen-bond donors (Lipinski definition) is 1. The monoisotopic (exact) mass is 520 g/mol. The lowest BCUT2D eigenvalue weighted by molar-refractivity contribution is -0.123. The maximum absolute atomic E-state index is 13.5. The molecule has 1 fully saturated rings. The highest BCUT2D eigenvalue weighted by molar-refractivity contribution is 9.10. The van der Waals surface area contributed by atoms with Gasteiger partial charge in [0.05, 0.1) is 5.00 Å². The van der Waals surface area contributed by atoms with Crippen LogP contribution in [0.25, 0.3) is 0 Å². The smallest absolute Gasteiger partial charge is 0.407 e. The third-order valence-electron chi connectivity index (χ3n) is 5.68. The van der Waals surface area contributed by atoms with Crippen molar-refractivity contribution < 1.29 is 14.3 Å². The first-order chi connectivity index (χ1) is 15.2. The van der Waals surface area contributed by atoms with Gasteiger partial charge in [-0.3, -0.25) is 4.79 Å². The zero-order valence-electron chi connectivity index (χ0n) is 19.1. The average molecular weight is 522 g/mol. The van der Waals surface area contributed by atoms with Crippen molar-refractivity contribution in [2.75, 3.05) is 18.0 Å². The standard InChI is InChI=1S/C25H33BrN2O3S/c1-25(2,3)31-24(30)27-16-19-9-11-20(12-10-19)23(29)28(22-15-21(26)17-32-22)14-13-18-7-5-4-6-8-18/h4-8,15,17,19-20H,9-14,16H2,1-3H3,(H,27,30)/t19-,20-. The second-order valence-electron chi connectivity index (χ2n) is 9.43. The number of alkyl carbamates (subject to hydrolysis) is 1. The summed E-state index contributed by atoms with van der Waals surface area (Å²) in [5.74, 6) is 0.637. The van der Waals surface area contributed by atoms with E-state index in [2.05, 4.69) is 33.4 Å². The van der Waals surface area contributed by atoms with Gasteiger partial charge >= 0.3 is 6.09 Å². The molecule has 0 spiro atoms. The molecule has 1 aromatic carbocycles. The molecule has 2 amide bonds. The lowest BCUT2D eigenvalue weighted by Crippen LogP contribution is -2.40. The first-order valence-electron chi connectivity index (χ1n) is 11.3. The van der Waals surface area contributed by atoms with Gasteiger partial charge in [-0.1, -0.05) is 30.3 Å². The van der Waals surface area contributed by atoms with Crippen LogP contribution in [0.1, 0.15) is 52.0 Å². The Morgan fingerprint density at radius 2 is 1.84 bits per heavy atom. The van der Waals surface area contributed by atoms with E-state index in [1.165, 1.54) is 5.56 Å². The fourth-order valence-electron chi connectivity index (χ4n) is 4.03. The van der Waals surface area contributed by atoms with E-state index in [9.17, 15) is 9.59 Å². The van der Waals surface area contributed by atoms with Crippen molar-refractivity contribution in [3.05, 3.63) is 51.8 Å². The SMILES string of the molecule is CC(C)(C)OC(=O)NC[C@H]1CC[C@H](C(=O)N(CCc2ccccc2)c2cc(Br)cs2)CC1. The Hall–Kier alpha value is -1.86. The van der Waals surface area contributed by atoms with Gasteiger partial charge < -0.3 is 15.0 Å². The van der Waals surface area contributed by atoms with Crippen LogP contribution in [-0.2, 0) is 16.0 Å². The summed E-state index contributed by atoms with van der Waals surface area (Å²) in [7, 11) is 0. The minimum Gasteiger partial charge on any atom is -0.444 e. The number of nitrogens with one attached hydrogen (secondary N) is 1. The summed E-state index contributed by atoms with van der Waals surface area (Å²) in [4.78, 5) is 27.4.